The van der Waals surface area contributed by atoms with Crippen molar-refractivity contribution in [2.45, 2.75) is 38.1 Å². The zero-order valence-corrected chi connectivity index (χ0v) is 18.0. The van der Waals surface area contributed by atoms with Crippen molar-refractivity contribution in [2.24, 2.45) is 5.73 Å². The van der Waals surface area contributed by atoms with E-state index in [1.807, 2.05) is 6.07 Å². The zero-order valence-electron chi connectivity index (χ0n) is 16.4. The van der Waals surface area contributed by atoms with Gasteiger partial charge in [-0.15, -0.1) is 0 Å². The van der Waals surface area contributed by atoms with E-state index < -0.39 is 36.1 Å². The summed E-state index contributed by atoms with van der Waals surface area (Å²) in [6.07, 6.45) is -1.93. The minimum atomic E-state index is -1.32. The number of rotatable bonds is 9. The van der Waals surface area contributed by atoms with Crippen molar-refractivity contribution in [3.63, 3.8) is 0 Å². The van der Waals surface area contributed by atoms with Crippen molar-refractivity contribution in [1.82, 2.24) is 10.6 Å². The molecule has 30 heavy (non-hydrogen) atoms. The summed E-state index contributed by atoms with van der Waals surface area (Å²) in [6.45, 7) is 1.35. The van der Waals surface area contributed by atoms with Crippen LogP contribution in [-0.4, -0.2) is 41.2 Å². The minimum absolute atomic E-state index is 0.00823. The molecule has 0 unspecified atom stereocenters. The van der Waals surface area contributed by atoms with Gasteiger partial charge in [0.1, 0.15) is 18.7 Å². The Morgan fingerprint density at radius 2 is 1.67 bits per heavy atom. The van der Waals surface area contributed by atoms with Crippen molar-refractivity contribution < 1.29 is 24.2 Å². The first kappa shape index (κ1) is 23.4. The number of ether oxygens (including phenoxy) is 1. The van der Waals surface area contributed by atoms with E-state index in [1.54, 1.807) is 48.5 Å². The fourth-order valence-electron chi connectivity index (χ4n) is 2.64. The second-order valence-electron chi connectivity index (χ2n) is 6.72. The lowest BCUT2D eigenvalue weighted by Gasteiger charge is -2.23. The van der Waals surface area contributed by atoms with Gasteiger partial charge in [0, 0.05) is 10.9 Å². The van der Waals surface area contributed by atoms with E-state index in [1.165, 1.54) is 6.92 Å². The SMILES string of the molecule is C[C@@H](O)[C@H](NC(=O)OCc1ccccc1)C(=O)N[C@H](Cc1ccc(Br)cc1)C(N)=O. The fourth-order valence-corrected chi connectivity index (χ4v) is 2.90. The number of nitrogens with two attached hydrogens (primary N) is 1. The molecule has 0 aliphatic rings. The molecule has 0 saturated carbocycles. The lowest BCUT2D eigenvalue weighted by atomic mass is 10.0. The van der Waals surface area contributed by atoms with Crippen molar-refractivity contribution in [3.8, 4) is 0 Å². The third-order valence-corrected chi connectivity index (χ3v) is 4.79. The van der Waals surface area contributed by atoms with Gasteiger partial charge in [0.25, 0.3) is 0 Å². The first-order valence-electron chi connectivity index (χ1n) is 9.25. The third-order valence-electron chi connectivity index (χ3n) is 4.26. The number of hydrogen-bond acceptors (Lipinski definition) is 5. The Morgan fingerprint density at radius 1 is 1.03 bits per heavy atom. The molecule has 0 saturated heterocycles. The quantitative estimate of drug-likeness (QED) is 0.435. The molecule has 0 bridgehead atoms. The van der Waals surface area contributed by atoms with Crippen LogP contribution in [0.4, 0.5) is 4.79 Å². The molecule has 0 aromatic heterocycles. The van der Waals surface area contributed by atoms with Crippen LogP contribution in [0.2, 0.25) is 0 Å². The van der Waals surface area contributed by atoms with E-state index in [2.05, 4.69) is 26.6 Å². The lowest BCUT2D eigenvalue weighted by Crippen LogP contribution is -2.57. The summed E-state index contributed by atoms with van der Waals surface area (Å²) in [5.41, 5.74) is 6.97. The molecular weight excluding hydrogens is 454 g/mol. The van der Waals surface area contributed by atoms with Gasteiger partial charge in [0.05, 0.1) is 6.10 Å². The Balaban J connectivity index is 1.97. The van der Waals surface area contributed by atoms with Gasteiger partial charge in [-0.3, -0.25) is 9.59 Å². The first-order chi connectivity index (χ1) is 14.3. The molecule has 0 fully saturated rings. The molecule has 3 atom stereocenters. The monoisotopic (exact) mass is 477 g/mol. The number of aliphatic hydroxyl groups is 1. The Morgan fingerprint density at radius 3 is 2.23 bits per heavy atom. The van der Waals surface area contributed by atoms with Gasteiger partial charge in [-0.2, -0.15) is 0 Å². The van der Waals surface area contributed by atoms with Gasteiger partial charge < -0.3 is 26.2 Å². The van der Waals surface area contributed by atoms with Crippen LogP contribution in [0.15, 0.2) is 59.1 Å². The molecule has 5 N–H and O–H groups in total. The van der Waals surface area contributed by atoms with E-state index in [9.17, 15) is 19.5 Å². The predicted molar refractivity (Wildman–Crippen MR) is 114 cm³/mol. The summed E-state index contributed by atoms with van der Waals surface area (Å²) < 4.78 is 5.95. The van der Waals surface area contributed by atoms with Gasteiger partial charge in [-0.25, -0.2) is 4.79 Å². The Labute approximate surface area is 182 Å². The molecule has 160 valence electrons. The number of halogens is 1. The Hall–Kier alpha value is -2.91. The van der Waals surface area contributed by atoms with Gasteiger partial charge in [0.15, 0.2) is 0 Å². The number of hydrogen-bond donors (Lipinski definition) is 4. The molecule has 0 aliphatic heterocycles. The lowest BCUT2D eigenvalue weighted by molar-refractivity contribution is -0.130. The number of aliphatic hydroxyl groups excluding tert-OH is 1. The first-order valence-corrected chi connectivity index (χ1v) is 10.0. The molecule has 8 nitrogen and oxygen atoms in total. The molecular formula is C21H24BrN3O5. The summed E-state index contributed by atoms with van der Waals surface area (Å²) >= 11 is 3.33. The van der Waals surface area contributed by atoms with Gasteiger partial charge in [0.2, 0.25) is 11.8 Å². The van der Waals surface area contributed by atoms with Crippen LogP contribution in [0.1, 0.15) is 18.1 Å². The molecule has 0 spiro atoms. The van der Waals surface area contributed by atoms with Crippen molar-refractivity contribution in [1.29, 1.82) is 0 Å². The topological polar surface area (TPSA) is 131 Å². The molecule has 2 aromatic carbocycles. The van der Waals surface area contributed by atoms with Crippen LogP contribution in [0, 0.1) is 0 Å². The summed E-state index contributed by atoms with van der Waals surface area (Å²) in [5, 5.41) is 14.7. The summed E-state index contributed by atoms with van der Waals surface area (Å²) in [7, 11) is 0. The van der Waals surface area contributed by atoms with Crippen LogP contribution >= 0.6 is 15.9 Å². The number of primary amides is 1. The third kappa shape index (κ3) is 7.49. The number of nitrogens with one attached hydrogen (secondary N) is 2. The van der Waals surface area contributed by atoms with Crippen molar-refractivity contribution in [2.75, 3.05) is 0 Å². The van der Waals surface area contributed by atoms with E-state index in [4.69, 9.17) is 10.5 Å². The van der Waals surface area contributed by atoms with Gasteiger partial charge in [-0.05, 0) is 30.2 Å². The van der Waals surface area contributed by atoms with Crippen LogP contribution in [-0.2, 0) is 27.4 Å². The zero-order chi connectivity index (χ0) is 22.1. The fraction of sp³-hybridized carbons (Fsp3) is 0.286. The number of benzene rings is 2. The molecule has 2 aromatic rings. The molecule has 3 amide bonds. The van der Waals surface area contributed by atoms with Gasteiger partial charge >= 0.3 is 6.09 Å². The van der Waals surface area contributed by atoms with E-state index in [-0.39, 0.29) is 13.0 Å². The second-order valence-corrected chi connectivity index (χ2v) is 7.63. The van der Waals surface area contributed by atoms with Crippen molar-refractivity contribution in [3.05, 3.63) is 70.2 Å². The van der Waals surface area contributed by atoms with Crippen LogP contribution in [0.5, 0.6) is 0 Å². The van der Waals surface area contributed by atoms with Crippen LogP contribution < -0.4 is 16.4 Å². The number of carbonyl (C=O) groups is 3. The molecule has 0 radical (unpaired) electrons. The maximum absolute atomic E-state index is 12.6. The Bertz CT molecular complexity index is 859. The average Bonchev–Trinajstić information content (AvgIpc) is 2.71. The highest BCUT2D eigenvalue weighted by molar-refractivity contribution is 9.10. The van der Waals surface area contributed by atoms with Crippen LogP contribution in [0.25, 0.3) is 0 Å². The largest absolute Gasteiger partial charge is 0.445 e. The standard InChI is InChI=1S/C21H24BrN3O5/c1-13(26)18(25-21(29)30-12-15-5-3-2-4-6-15)20(28)24-17(19(23)27)11-14-7-9-16(22)10-8-14/h2-10,13,17-18,26H,11-12H2,1H3,(H2,23,27)(H,24,28)(H,25,29)/t13-,17-,18+/m1/s1. The van der Waals surface area contributed by atoms with E-state index in [0.717, 1.165) is 15.6 Å². The molecule has 9 heteroatoms. The maximum Gasteiger partial charge on any atom is 0.408 e. The van der Waals surface area contributed by atoms with Crippen molar-refractivity contribution >= 4 is 33.8 Å². The summed E-state index contributed by atoms with van der Waals surface area (Å²) in [6, 6.07) is 13.9. The summed E-state index contributed by atoms with van der Waals surface area (Å²) in [5.74, 6) is -1.48. The molecule has 2 rings (SSSR count). The molecule has 0 heterocycles. The smallest absolute Gasteiger partial charge is 0.408 e. The number of amides is 3. The highest BCUT2D eigenvalue weighted by Gasteiger charge is 2.29. The minimum Gasteiger partial charge on any atom is -0.445 e. The van der Waals surface area contributed by atoms with E-state index >= 15 is 0 Å². The van der Waals surface area contributed by atoms with Crippen LogP contribution in [0.3, 0.4) is 0 Å². The highest BCUT2D eigenvalue weighted by Crippen LogP contribution is 2.12. The highest BCUT2D eigenvalue weighted by atomic mass is 79.9. The summed E-state index contributed by atoms with van der Waals surface area (Å²) in [4.78, 5) is 36.5. The average molecular weight is 478 g/mol. The van der Waals surface area contributed by atoms with E-state index in [0.29, 0.717) is 0 Å². The normalized spacial score (nSPS) is 13.6. The Kier molecular flexibility index (Phi) is 8.82. The predicted octanol–water partition coefficient (Wildman–Crippen LogP) is 1.64. The molecule has 0 aliphatic carbocycles. The number of alkyl carbamates (subject to hydrolysis) is 1. The number of carbonyl (C=O) groups excluding carboxylic acids is 3. The second kappa shape index (κ2) is 11.3. The maximum atomic E-state index is 12.6. The van der Waals surface area contributed by atoms with Gasteiger partial charge in [-0.1, -0.05) is 58.4 Å².